The number of halogens is 1. The van der Waals surface area contributed by atoms with Crippen molar-refractivity contribution in [2.45, 2.75) is 26.9 Å². The average Bonchev–Trinajstić information content (AvgIpc) is 3.30. The minimum absolute atomic E-state index is 0. The highest BCUT2D eigenvalue weighted by Crippen LogP contribution is 2.15. The highest BCUT2D eigenvalue weighted by atomic mass is 127. The van der Waals surface area contributed by atoms with Gasteiger partial charge in [0.05, 0.1) is 18.4 Å². The molecule has 0 fully saturated rings. The molecule has 2 N–H and O–H groups in total. The molecule has 0 saturated carbocycles. The van der Waals surface area contributed by atoms with Gasteiger partial charge in [-0.15, -0.1) is 24.0 Å². The molecule has 0 aliphatic rings. The molecule has 8 nitrogen and oxygen atoms in total. The van der Waals surface area contributed by atoms with Crippen LogP contribution in [0.5, 0.6) is 5.75 Å². The van der Waals surface area contributed by atoms with Gasteiger partial charge in [0.15, 0.2) is 12.6 Å². The van der Waals surface area contributed by atoms with Gasteiger partial charge in [0.2, 0.25) is 0 Å². The maximum atomic E-state index is 11.6. The first-order valence-electron chi connectivity index (χ1n) is 11.2. The van der Waals surface area contributed by atoms with E-state index in [4.69, 9.17) is 9.73 Å². The lowest BCUT2D eigenvalue weighted by Crippen LogP contribution is -2.38. The number of hydrogen-bond acceptors (Lipinski definition) is 4. The second kappa shape index (κ2) is 14.2. The van der Waals surface area contributed by atoms with Crippen LogP contribution < -0.4 is 15.4 Å². The fraction of sp³-hybridized carbons (Fsp3) is 0.320. The minimum Gasteiger partial charge on any atom is -0.484 e. The van der Waals surface area contributed by atoms with E-state index in [9.17, 15) is 4.79 Å². The Morgan fingerprint density at radius 2 is 1.82 bits per heavy atom. The fourth-order valence-electron chi connectivity index (χ4n) is 3.28. The number of aliphatic imine (C=N–C) groups is 1. The summed E-state index contributed by atoms with van der Waals surface area (Å²) in [7, 11) is 2.01. The van der Waals surface area contributed by atoms with Crippen molar-refractivity contribution >= 4 is 35.8 Å². The molecule has 0 bridgehead atoms. The van der Waals surface area contributed by atoms with Crippen molar-refractivity contribution in [3.05, 3.63) is 78.1 Å². The maximum absolute atomic E-state index is 11.6. The van der Waals surface area contributed by atoms with E-state index >= 15 is 0 Å². The molecule has 0 spiro atoms. The molecule has 182 valence electrons. The van der Waals surface area contributed by atoms with Gasteiger partial charge >= 0.3 is 0 Å². The van der Waals surface area contributed by atoms with E-state index in [0.717, 1.165) is 29.3 Å². The number of nitrogens with zero attached hydrogens (tertiary/aromatic N) is 4. The number of ether oxygens (including phenoxy) is 1. The summed E-state index contributed by atoms with van der Waals surface area (Å²) >= 11 is 0. The molecule has 3 aromatic rings. The van der Waals surface area contributed by atoms with E-state index in [1.807, 2.05) is 92.6 Å². The first-order valence-corrected chi connectivity index (χ1v) is 11.2. The predicted molar refractivity (Wildman–Crippen MR) is 146 cm³/mol. The van der Waals surface area contributed by atoms with Gasteiger partial charge in [0.25, 0.3) is 5.91 Å². The van der Waals surface area contributed by atoms with E-state index < -0.39 is 0 Å². The number of nitrogens with one attached hydrogen (secondary N) is 2. The Morgan fingerprint density at radius 1 is 1.06 bits per heavy atom. The van der Waals surface area contributed by atoms with Crippen molar-refractivity contribution in [1.29, 1.82) is 0 Å². The summed E-state index contributed by atoms with van der Waals surface area (Å²) in [5, 5.41) is 10.5. The normalized spacial score (nSPS) is 10.9. The number of carbonyl (C=O) groups excluding carboxylic acids is 1. The van der Waals surface area contributed by atoms with Crippen LogP contribution in [0.15, 0.2) is 72.0 Å². The Bertz CT molecular complexity index is 1050. The fourth-order valence-corrected chi connectivity index (χ4v) is 3.28. The Kier molecular flexibility index (Phi) is 11.4. The molecule has 2 aromatic carbocycles. The van der Waals surface area contributed by atoms with E-state index in [-0.39, 0.29) is 36.5 Å². The van der Waals surface area contributed by atoms with Crippen LogP contribution in [0.2, 0.25) is 0 Å². The Morgan fingerprint density at radius 3 is 2.56 bits per heavy atom. The molecule has 9 heteroatoms. The van der Waals surface area contributed by atoms with Crippen LogP contribution in [0.3, 0.4) is 0 Å². The highest BCUT2D eigenvalue weighted by Gasteiger charge is 2.09. The highest BCUT2D eigenvalue weighted by molar-refractivity contribution is 14.0. The van der Waals surface area contributed by atoms with Crippen LogP contribution in [0, 0.1) is 0 Å². The van der Waals surface area contributed by atoms with E-state index in [1.165, 1.54) is 0 Å². The molecule has 1 heterocycles. The van der Waals surface area contributed by atoms with E-state index in [1.54, 1.807) is 0 Å². The molecule has 0 atom stereocenters. The molecule has 0 aliphatic carbocycles. The molecule has 0 unspecified atom stereocenters. The molecular weight excluding hydrogens is 543 g/mol. The summed E-state index contributed by atoms with van der Waals surface area (Å²) in [6.07, 6.45) is 3.91. The number of amides is 1. The third kappa shape index (κ3) is 8.36. The number of carbonyl (C=O) groups is 1. The van der Waals surface area contributed by atoms with Crippen LogP contribution in [0.25, 0.3) is 5.69 Å². The molecule has 0 saturated heterocycles. The van der Waals surface area contributed by atoms with Crippen molar-refractivity contribution in [3.8, 4) is 11.4 Å². The second-order valence-electron chi connectivity index (χ2n) is 7.54. The summed E-state index contributed by atoms with van der Waals surface area (Å²) in [6, 6.07) is 17.7. The van der Waals surface area contributed by atoms with Crippen LogP contribution in [0.1, 0.15) is 25.0 Å². The number of para-hydroxylation sites is 1. The largest absolute Gasteiger partial charge is 0.484 e. The van der Waals surface area contributed by atoms with Gasteiger partial charge in [-0.3, -0.25) is 4.79 Å². The minimum atomic E-state index is -0.132. The lowest BCUT2D eigenvalue weighted by atomic mass is 10.2. The Balaban J connectivity index is 0.00000408. The van der Waals surface area contributed by atoms with Crippen LogP contribution in [-0.4, -0.2) is 53.3 Å². The number of hydrogen-bond donors (Lipinski definition) is 2. The number of likely N-dealkylation sites (N-methyl/N-ethyl adjacent to an activating group) is 1. The third-order valence-corrected chi connectivity index (χ3v) is 4.83. The lowest BCUT2D eigenvalue weighted by molar-refractivity contribution is -0.122. The van der Waals surface area contributed by atoms with Crippen molar-refractivity contribution in [1.82, 2.24) is 25.3 Å². The smallest absolute Gasteiger partial charge is 0.257 e. The van der Waals surface area contributed by atoms with Crippen molar-refractivity contribution in [3.63, 3.8) is 0 Å². The van der Waals surface area contributed by atoms with Gasteiger partial charge in [-0.25, -0.2) is 9.67 Å². The zero-order valence-electron chi connectivity index (χ0n) is 19.9. The molecule has 34 heavy (non-hydrogen) atoms. The topological polar surface area (TPSA) is 83.8 Å². The zero-order valence-corrected chi connectivity index (χ0v) is 22.2. The zero-order chi connectivity index (χ0) is 23.5. The molecule has 0 aliphatic heterocycles. The molecular formula is C25H33IN6O2. The first-order chi connectivity index (χ1) is 16.1. The van der Waals surface area contributed by atoms with Gasteiger partial charge in [-0.2, -0.15) is 5.10 Å². The van der Waals surface area contributed by atoms with Crippen molar-refractivity contribution in [2.75, 3.05) is 26.7 Å². The van der Waals surface area contributed by atoms with E-state index in [2.05, 4.69) is 20.6 Å². The summed E-state index contributed by atoms with van der Waals surface area (Å²) < 4.78 is 7.46. The Labute approximate surface area is 218 Å². The summed E-state index contributed by atoms with van der Waals surface area (Å²) in [5.74, 6) is 1.33. The van der Waals surface area contributed by atoms with Crippen LogP contribution in [0.4, 0.5) is 0 Å². The van der Waals surface area contributed by atoms with E-state index in [0.29, 0.717) is 25.4 Å². The summed E-state index contributed by atoms with van der Waals surface area (Å²) in [5.41, 5.74) is 3.12. The van der Waals surface area contributed by atoms with Gasteiger partial charge in [0, 0.05) is 38.4 Å². The molecule has 1 amide bonds. The van der Waals surface area contributed by atoms with Gasteiger partial charge in [-0.05, 0) is 43.7 Å². The number of guanidine groups is 1. The number of aromatic nitrogens is 2. The third-order valence-electron chi connectivity index (χ3n) is 4.83. The lowest BCUT2D eigenvalue weighted by Gasteiger charge is -2.21. The maximum Gasteiger partial charge on any atom is 0.257 e. The van der Waals surface area contributed by atoms with Gasteiger partial charge in [-0.1, -0.05) is 30.3 Å². The summed E-state index contributed by atoms with van der Waals surface area (Å²) in [4.78, 5) is 18.5. The summed E-state index contributed by atoms with van der Waals surface area (Å²) in [6.45, 7) is 6.45. The number of rotatable bonds is 10. The average molecular weight is 576 g/mol. The SMILES string of the molecule is CCNC(=O)COc1cccc(CN=C(NCC)N(C)Cc2cnn(-c3ccccc3)c2)c1.I. The first kappa shape index (κ1) is 27.2. The molecule has 1 aromatic heterocycles. The van der Waals surface area contributed by atoms with Crippen LogP contribution in [-0.2, 0) is 17.9 Å². The van der Waals surface area contributed by atoms with Gasteiger partial charge < -0.3 is 20.3 Å². The quantitative estimate of drug-likeness (QED) is 0.219. The Hall–Kier alpha value is -3.08. The van der Waals surface area contributed by atoms with Crippen molar-refractivity contribution < 1.29 is 9.53 Å². The number of benzene rings is 2. The standard InChI is InChI=1S/C25H32N6O2.HI/c1-4-26-24(32)19-33-23-13-9-10-20(14-23)15-28-25(27-5-2)30(3)17-21-16-29-31(18-21)22-11-7-6-8-12-22;/h6-14,16,18H,4-5,15,17,19H2,1-3H3,(H,26,32)(H,27,28);1H. The van der Waals surface area contributed by atoms with Gasteiger partial charge in [0.1, 0.15) is 5.75 Å². The van der Waals surface area contributed by atoms with Crippen LogP contribution >= 0.6 is 24.0 Å². The monoisotopic (exact) mass is 576 g/mol. The molecule has 0 radical (unpaired) electrons. The second-order valence-corrected chi connectivity index (χ2v) is 7.54. The predicted octanol–water partition coefficient (Wildman–Crippen LogP) is 3.60. The van der Waals surface area contributed by atoms with Crippen molar-refractivity contribution in [2.24, 2.45) is 4.99 Å². The molecule has 3 rings (SSSR count).